The maximum Gasteiger partial charge on any atom is 0.258 e. The van der Waals surface area contributed by atoms with Crippen molar-refractivity contribution in [2.24, 2.45) is 0 Å². The highest BCUT2D eigenvalue weighted by molar-refractivity contribution is 14.1. The minimum Gasteiger partial charge on any atom is -0.298 e. The first kappa shape index (κ1) is 15.4. The summed E-state index contributed by atoms with van der Waals surface area (Å²) in [4.78, 5) is 20.5. The Hall–Kier alpha value is -0.510. The van der Waals surface area contributed by atoms with E-state index in [0.717, 1.165) is 33.2 Å². The molecular weight excluding hydrogens is 417 g/mol. The highest BCUT2D eigenvalue weighted by Crippen LogP contribution is 2.29. The molecular formula is C14H16IN3OS2. The summed E-state index contributed by atoms with van der Waals surface area (Å²) in [6.45, 7) is 6.42. The lowest BCUT2D eigenvalue weighted by Gasteiger charge is -2.29. The van der Waals surface area contributed by atoms with E-state index >= 15 is 0 Å². The summed E-state index contributed by atoms with van der Waals surface area (Å²) in [6, 6.07) is 2.44. The van der Waals surface area contributed by atoms with Crippen molar-refractivity contribution in [1.29, 1.82) is 0 Å². The number of hydrogen-bond acceptors (Lipinski definition) is 5. The molecule has 0 bridgehead atoms. The van der Waals surface area contributed by atoms with Gasteiger partial charge >= 0.3 is 0 Å². The maximum absolute atomic E-state index is 12.2. The second-order valence-electron chi connectivity index (χ2n) is 5.30. The molecule has 21 heavy (non-hydrogen) atoms. The highest BCUT2D eigenvalue weighted by atomic mass is 127. The van der Waals surface area contributed by atoms with Crippen LogP contribution < -0.4 is 5.32 Å². The number of hydrogen-bond donors (Lipinski definition) is 1. The molecule has 0 saturated carbocycles. The lowest BCUT2D eigenvalue weighted by molar-refractivity contribution is 0.102. The van der Waals surface area contributed by atoms with Crippen LogP contribution in [0.2, 0.25) is 0 Å². The fraction of sp³-hybridized carbons (Fsp3) is 0.429. The number of amides is 1. The zero-order chi connectivity index (χ0) is 15.0. The van der Waals surface area contributed by atoms with E-state index in [0.29, 0.717) is 11.6 Å². The minimum absolute atomic E-state index is 0.0685. The number of nitrogens with zero attached hydrogens (tertiary/aromatic N) is 2. The van der Waals surface area contributed by atoms with Crippen LogP contribution in [0.4, 0.5) is 5.13 Å². The highest BCUT2D eigenvalue weighted by Gasteiger charge is 2.23. The molecule has 1 aliphatic heterocycles. The molecule has 2 aromatic heterocycles. The van der Waals surface area contributed by atoms with Crippen molar-refractivity contribution >= 4 is 56.3 Å². The Morgan fingerprint density at radius 3 is 3.00 bits per heavy atom. The third kappa shape index (κ3) is 3.46. The molecule has 1 amide bonds. The van der Waals surface area contributed by atoms with Gasteiger partial charge in [-0.25, -0.2) is 4.98 Å². The molecule has 2 aromatic rings. The average Bonchev–Trinajstić information content (AvgIpc) is 3.03. The molecule has 0 spiro atoms. The molecule has 0 saturated heterocycles. The second-order valence-corrected chi connectivity index (χ2v) is 9.19. The number of thiazole rings is 1. The SMILES string of the molecule is CC(C)N1CCc2nc(NC(=O)c3csc(I)c3)sc2C1. The van der Waals surface area contributed by atoms with Crippen LogP contribution in [0.3, 0.4) is 0 Å². The van der Waals surface area contributed by atoms with Gasteiger partial charge in [0.2, 0.25) is 0 Å². The summed E-state index contributed by atoms with van der Waals surface area (Å²) in [7, 11) is 0. The van der Waals surface area contributed by atoms with E-state index in [4.69, 9.17) is 0 Å². The first-order chi connectivity index (χ1) is 10.0. The van der Waals surface area contributed by atoms with Crippen molar-refractivity contribution < 1.29 is 4.79 Å². The molecule has 0 fully saturated rings. The van der Waals surface area contributed by atoms with Gasteiger partial charge in [0, 0.05) is 35.8 Å². The van der Waals surface area contributed by atoms with Gasteiger partial charge in [-0.3, -0.25) is 15.0 Å². The molecule has 4 nitrogen and oxygen atoms in total. The number of carbonyl (C=O) groups excluding carboxylic acids is 1. The van der Waals surface area contributed by atoms with Gasteiger partial charge in [0.05, 0.1) is 14.1 Å². The molecule has 3 rings (SSSR count). The Morgan fingerprint density at radius 1 is 1.52 bits per heavy atom. The topological polar surface area (TPSA) is 45.2 Å². The largest absolute Gasteiger partial charge is 0.298 e. The molecule has 0 aromatic carbocycles. The summed E-state index contributed by atoms with van der Waals surface area (Å²) in [5, 5.41) is 5.53. The van der Waals surface area contributed by atoms with Crippen molar-refractivity contribution in [2.45, 2.75) is 32.9 Å². The van der Waals surface area contributed by atoms with Gasteiger partial charge in [0.25, 0.3) is 5.91 Å². The van der Waals surface area contributed by atoms with Crippen LogP contribution in [0.25, 0.3) is 0 Å². The zero-order valence-corrected chi connectivity index (χ0v) is 15.6. The van der Waals surface area contributed by atoms with Gasteiger partial charge in [0.1, 0.15) is 0 Å². The summed E-state index contributed by atoms with van der Waals surface area (Å²) in [5.74, 6) is -0.0685. The first-order valence-corrected chi connectivity index (χ1v) is 9.58. The summed E-state index contributed by atoms with van der Waals surface area (Å²) in [5.41, 5.74) is 1.86. The predicted molar refractivity (Wildman–Crippen MR) is 96.4 cm³/mol. The number of nitrogens with one attached hydrogen (secondary N) is 1. The van der Waals surface area contributed by atoms with Crippen LogP contribution in [0.15, 0.2) is 11.4 Å². The number of anilines is 1. The van der Waals surface area contributed by atoms with Gasteiger partial charge in [-0.2, -0.15) is 0 Å². The van der Waals surface area contributed by atoms with Crippen molar-refractivity contribution in [3.63, 3.8) is 0 Å². The Morgan fingerprint density at radius 2 is 2.33 bits per heavy atom. The predicted octanol–water partition coefficient (Wildman–Crippen LogP) is 3.83. The lowest BCUT2D eigenvalue weighted by atomic mass is 10.1. The molecule has 0 aliphatic carbocycles. The van der Waals surface area contributed by atoms with Gasteiger partial charge in [-0.05, 0) is 42.5 Å². The molecule has 112 valence electrons. The number of carbonyl (C=O) groups is 1. The molecule has 3 heterocycles. The van der Waals surface area contributed by atoms with E-state index in [1.54, 1.807) is 22.7 Å². The van der Waals surface area contributed by atoms with Gasteiger partial charge in [-0.15, -0.1) is 22.7 Å². The van der Waals surface area contributed by atoms with Gasteiger partial charge in [-0.1, -0.05) is 0 Å². The van der Waals surface area contributed by atoms with E-state index in [1.165, 1.54) is 4.88 Å². The Kier molecular flexibility index (Phi) is 4.63. The van der Waals surface area contributed by atoms with Crippen LogP contribution >= 0.6 is 45.3 Å². The normalized spacial score (nSPS) is 15.2. The number of halogens is 1. The third-order valence-corrected chi connectivity index (χ3v) is 6.33. The van der Waals surface area contributed by atoms with Crippen LogP contribution in [-0.2, 0) is 13.0 Å². The summed E-state index contributed by atoms with van der Waals surface area (Å²) >= 11 is 5.40. The number of fused-ring (bicyclic) bond motifs is 1. The van der Waals surface area contributed by atoms with Crippen LogP contribution in [0.1, 0.15) is 34.8 Å². The van der Waals surface area contributed by atoms with Gasteiger partial charge in [0.15, 0.2) is 5.13 Å². The van der Waals surface area contributed by atoms with E-state index in [-0.39, 0.29) is 5.91 Å². The molecule has 1 aliphatic rings. The lowest BCUT2D eigenvalue weighted by Crippen LogP contribution is -2.35. The summed E-state index contributed by atoms with van der Waals surface area (Å²) in [6.07, 6.45) is 0.968. The average molecular weight is 433 g/mol. The van der Waals surface area contributed by atoms with Crippen LogP contribution in [0.5, 0.6) is 0 Å². The third-order valence-electron chi connectivity index (χ3n) is 3.54. The molecule has 1 N–H and O–H groups in total. The number of rotatable bonds is 3. The molecule has 0 unspecified atom stereocenters. The van der Waals surface area contributed by atoms with E-state index in [1.807, 2.05) is 11.4 Å². The minimum atomic E-state index is -0.0685. The first-order valence-electron chi connectivity index (χ1n) is 6.81. The Bertz CT molecular complexity index is 665. The Labute approximate surface area is 145 Å². The fourth-order valence-electron chi connectivity index (χ4n) is 2.31. The van der Waals surface area contributed by atoms with Crippen LogP contribution in [0, 0.1) is 2.88 Å². The summed E-state index contributed by atoms with van der Waals surface area (Å²) < 4.78 is 1.11. The second kappa shape index (κ2) is 6.31. The quantitative estimate of drug-likeness (QED) is 0.749. The number of thiophene rings is 1. The number of aromatic nitrogens is 1. The maximum atomic E-state index is 12.2. The molecule has 7 heteroatoms. The fourth-order valence-corrected chi connectivity index (χ4v) is 4.66. The monoisotopic (exact) mass is 433 g/mol. The smallest absolute Gasteiger partial charge is 0.258 e. The standard InChI is InChI=1S/C14H16IN3OS2/c1-8(2)18-4-3-10-11(6-18)21-14(16-10)17-13(19)9-5-12(15)20-7-9/h5,7-8H,3-4,6H2,1-2H3,(H,16,17,19). The van der Waals surface area contributed by atoms with Crippen molar-refractivity contribution in [3.05, 3.63) is 30.5 Å². The van der Waals surface area contributed by atoms with Crippen molar-refractivity contribution in [1.82, 2.24) is 9.88 Å². The Balaban J connectivity index is 1.72. The van der Waals surface area contributed by atoms with E-state index in [9.17, 15) is 4.79 Å². The van der Waals surface area contributed by atoms with Crippen molar-refractivity contribution in [3.8, 4) is 0 Å². The van der Waals surface area contributed by atoms with E-state index < -0.39 is 0 Å². The zero-order valence-electron chi connectivity index (χ0n) is 11.9. The van der Waals surface area contributed by atoms with Gasteiger partial charge < -0.3 is 0 Å². The molecule has 0 atom stereocenters. The van der Waals surface area contributed by atoms with Crippen LogP contribution in [-0.4, -0.2) is 28.4 Å². The molecule has 0 radical (unpaired) electrons. The van der Waals surface area contributed by atoms with E-state index in [2.05, 4.69) is 51.6 Å². The van der Waals surface area contributed by atoms with Crippen molar-refractivity contribution in [2.75, 3.05) is 11.9 Å².